The number of benzene rings is 1. The van der Waals surface area contributed by atoms with Gasteiger partial charge in [0.1, 0.15) is 24.0 Å². The SMILES string of the molecule is C/C=C/C=C/C=C/[C@@H]1Cc2c(C)c(COC(C)=O)cc(O)c2C(=O)O1. The minimum absolute atomic E-state index is 0.0592. The van der Waals surface area contributed by atoms with Crippen molar-refractivity contribution >= 4 is 11.9 Å². The monoisotopic (exact) mass is 342 g/mol. The molecule has 5 nitrogen and oxygen atoms in total. The number of phenols is 1. The van der Waals surface area contributed by atoms with Crippen LogP contribution in [0.5, 0.6) is 5.75 Å². The number of cyclic esters (lactones) is 1. The fourth-order valence-corrected chi connectivity index (χ4v) is 2.67. The van der Waals surface area contributed by atoms with Gasteiger partial charge in [-0.15, -0.1) is 0 Å². The number of carbonyl (C=O) groups excluding carboxylic acids is 2. The lowest BCUT2D eigenvalue weighted by molar-refractivity contribution is -0.142. The molecule has 25 heavy (non-hydrogen) atoms. The molecule has 132 valence electrons. The van der Waals surface area contributed by atoms with Gasteiger partial charge >= 0.3 is 11.9 Å². The predicted octanol–water partition coefficient (Wildman–Crippen LogP) is 3.53. The van der Waals surface area contributed by atoms with Crippen molar-refractivity contribution in [1.82, 2.24) is 0 Å². The molecule has 0 fully saturated rings. The summed E-state index contributed by atoms with van der Waals surface area (Å²) in [6.07, 6.45) is 11.2. The maximum atomic E-state index is 12.3. The van der Waals surface area contributed by atoms with Crippen molar-refractivity contribution in [2.24, 2.45) is 0 Å². The highest BCUT2D eigenvalue weighted by molar-refractivity contribution is 5.96. The zero-order valence-corrected chi connectivity index (χ0v) is 14.6. The van der Waals surface area contributed by atoms with E-state index in [1.165, 1.54) is 13.0 Å². The zero-order chi connectivity index (χ0) is 18.4. The molecule has 1 heterocycles. The van der Waals surface area contributed by atoms with E-state index in [0.717, 1.165) is 11.1 Å². The van der Waals surface area contributed by atoms with Crippen molar-refractivity contribution in [3.63, 3.8) is 0 Å². The second-order valence-corrected chi connectivity index (χ2v) is 5.76. The number of ether oxygens (including phenoxy) is 2. The molecule has 0 aromatic heterocycles. The molecule has 0 saturated carbocycles. The van der Waals surface area contributed by atoms with Crippen LogP contribution < -0.4 is 0 Å². The van der Waals surface area contributed by atoms with Gasteiger partial charge in [-0.1, -0.05) is 30.4 Å². The number of hydrogen-bond acceptors (Lipinski definition) is 5. The van der Waals surface area contributed by atoms with E-state index in [4.69, 9.17) is 9.47 Å². The number of fused-ring (bicyclic) bond motifs is 1. The Morgan fingerprint density at radius 2 is 2.08 bits per heavy atom. The summed E-state index contributed by atoms with van der Waals surface area (Å²) in [5, 5.41) is 10.2. The smallest absolute Gasteiger partial charge is 0.342 e. The molecule has 1 atom stereocenters. The molecular formula is C20H22O5. The van der Waals surface area contributed by atoms with Crippen LogP contribution in [0.15, 0.2) is 42.5 Å². The van der Waals surface area contributed by atoms with Gasteiger partial charge < -0.3 is 14.6 Å². The number of esters is 2. The summed E-state index contributed by atoms with van der Waals surface area (Å²) in [7, 11) is 0. The maximum Gasteiger partial charge on any atom is 0.342 e. The Kier molecular flexibility index (Phi) is 6.17. The lowest BCUT2D eigenvalue weighted by Crippen LogP contribution is -2.27. The Morgan fingerprint density at radius 3 is 2.76 bits per heavy atom. The van der Waals surface area contributed by atoms with Gasteiger partial charge in [0.25, 0.3) is 0 Å². The first-order chi connectivity index (χ1) is 11.9. The second kappa shape index (κ2) is 8.33. The summed E-state index contributed by atoms with van der Waals surface area (Å²) in [6.45, 7) is 5.16. The van der Waals surface area contributed by atoms with E-state index in [1.54, 1.807) is 6.08 Å². The number of rotatable bonds is 5. The van der Waals surface area contributed by atoms with Crippen molar-refractivity contribution in [2.45, 2.75) is 39.9 Å². The number of allylic oxidation sites excluding steroid dienone is 5. The van der Waals surface area contributed by atoms with E-state index >= 15 is 0 Å². The van der Waals surface area contributed by atoms with Gasteiger partial charge in [-0.25, -0.2) is 4.79 Å². The van der Waals surface area contributed by atoms with Crippen molar-refractivity contribution in [3.8, 4) is 5.75 Å². The minimum atomic E-state index is -0.548. The summed E-state index contributed by atoms with van der Waals surface area (Å²) in [5.74, 6) is -1.10. The van der Waals surface area contributed by atoms with E-state index in [-0.39, 0.29) is 17.9 Å². The van der Waals surface area contributed by atoms with Gasteiger partial charge in [-0.2, -0.15) is 0 Å². The Hall–Kier alpha value is -2.82. The molecule has 1 aromatic carbocycles. The Labute approximate surface area is 147 Å². The van der Waals surface area contributed by atoms with Gasteiger partial charge in [0.15, 0.2) is 0 Å². The number of carbonyl (C=O) groups is 2. The van der Waals surface area contributed by atoms with Crippen molar-refractivity contribution < 1.29 is 24.2 Å². The third-order valence-corrected chi connectivity index (χ3v) is 3.95. The van der Waals surface area contributed by atoms with E-state index in [9.17, 15) is 14.7 Å². The molecule has 0 unspecified atom stereocenters. The van der Waals surface area contributed by atoms with Crippen LogP contribution in [-0.2, 0) is 27.3 Å². The second-order valence-electron chi connectivity index (χ2n) is 5.76. The molecule has 1 N–H and O–H groups in total. The van der Waals surface area contributed by atoms with Gasteiger partial charge in [0.2, 0.25) is 0 Å². The van der Waals surface area contributed by atoms with Crippen LogP contribution >= 0.6 is 0 Å². The third-order valence-electron chi connectivity index (χ3n) is 3.95. The third kappa shape index (κ3) is 4.59. The lowest BCUT2D eigenvalue weighted by atomic mass is 9.90. The molecule has 1 aliphatic rings. The molecule has 0 bridgehead atoms. The van der Waals surface area contributed by atoms with Crippen LogP contribution in [-0.4, -0.2) is 23.1 Å². The first kappa shape index (κ1) is 18.5. The molecule has 5 heteroatoms. The van der Waals surface area contributed by atoms with Crippen molar-refractivity contribution in [1.29, 1.82) is 0 Å². The van der Waals surface area contributed by atoms with Gasteiger partial charge in [-0.3, -0.25) is 4.79 Å². The highest BCUT2D eigenvalue weighted by atomic mass is 16.5. The Morgan fingerprint density at radius 1 is 1.36 bits per heavy atom. The van der Waals surface area contributed by atoms with Crippen LogP contribution in [0.4, 0.5) is 0 Å². The molecule has 0 radical (unpaired) electrons. The molecule has 1 aromatic rings. The molecule has 2 rings (SSSR count). The average molecular weight is 342 g/mol. The quantitative estimate of drug-likeness (QED) is 0.654. The molecular weight excluding hydrogens is 320 g/mol. The van der Waals surface area contributed by atoms with E-state index in [2.05, 4.69) is 0 Å². The van der Waals surface area contributed by atoms with Crippen molar-refractivity contribution in [3.05, 3.63) is 64.8 Å². The first-order valence-corrected chi connectivity index (χ1v) is 8.08. The summed E-state index contributed by atoms with van der Waals surface area (Å²) in [6, 6.07) is 1.45. The Bertz CT molecular complexity index is 756. The maximum absolute atomic E-state index is 12.3. The number of phenolic OH excluding ortho intramolecular Hbond substituents is 1. The van der Waals surface area contributed by atoms with Crippen LogP contribution in [0.2, 0.25) is 0 Å². The fourth-order valence-electron chi connectivity index (χ4n) is 2.67. The molecule has 0 aliphatic carbocycles. The highest BCUT2D eigenvalue weighted by Crippen LogP contribution is 2.33. The topological polar surface area (TPSA) is 72.8 Å². The largest absolute Gasteiger partial charge is 0.507 e. The average Bonchev–Trinajstić information content (AvgIpc) is 2.56. The number of hydrogen-bond donors (Lipinski definition) is 1. The van der Waals surface area contributed by atoms with Crippen LogP contribution in [0.3, 0.4) is 0 Å². The van der Waals surface area contributed by atoms with Crippen LogP contribution in [0.1, 0.15) is 40.9 Å². The van der Waals surface area contributed by atoms with E-state index < -0.39 is 18.0 Å². The van der Waals surface area contributed by atoms with Crippen molar-refractivity contribution in [2.75, 3.05) is 0 Å². The fraction of sp³-hybridized carbons (Fsp3) is 0.300. The Balaban J connectivity index is 2.28. The minimum Gasteiger partial charge on any atom is -0.507 e. The van der Waals surface area contributed by atoms with Gasteiger partial charge in [0.05, 0.1) is 0 Å². The predicted molar refractivity (Wildman–Crippen MR) is 94.3 cm³/mol. The summed E-state index contributed by atoms with van der Waals surface area (Å²) >= 11 is 0. The van der Waals surface area contributed by atoms with Gasteiger partial charge in [-0.05, 0) is 42.7 Å². The highest BCUT2D eigenvalue weighted by Gasteiger charge is 2.30. The summed E-state index contributed by atoms with van der Waals surface area (Å²) in [4.78, 5) is 23.3. The molecule has 1 aliphatic heterocycles. The van der Waals surface area contributed by atoms with E-state index in [1.807, 2.05) is 44.2 Å². The normalized spacial score (nSPS) is 17.2. The molecule has 0 amide bonds. The summed E-state index contributed by atoms with van der Waals surface area (Å²) in [5.41, 5.74) is 2.43. The van der Waals surface area contributed by atoms with Crippen LogP contribution in [0, 0.1) is 6.92 Å². The summed E-state index contributed by atoms with van der Waals surface area (Å²) < 4.78 is 10.4. The molecule has 0 saturated heterocycles. The lowest BCUT2D eigenvalue weighted by Gasteiger charge is -2.26. The zero-order valence-electron chi connectivity index (χ0n) is 14.6. The standard InChI is InChI=1S/C20H22O5/c1-4-5-6-7-8-9-16-11-17-13(2)15(12-24-14(3)21)10-18(22)19(17)20(23)25-16/h4-10,16,22H,11-12H2,1-3H3/b5-4+,7-6+,9-8+/t16-/m1/s1. The first-order valence-electron chi connectivity index (χ1n) is 8.08. The van der Waals surface area contributed by atoms with Crippen LogP contribution in [0.25, 0.3) is 0 Å². The number of aromatic hydroxyl groups is 1. The molecule has 0 spiro atoms. The van der Waals surface area contributed by atoms with Gasteiger partial charge in [0, 0.05) is 13.3 Å². The van der Waals surface area contributed by atoms with E-state index in [0.29, 0.717) is 12.0 Å².